The molecule has 0 amide bonds. The second-order valence-corrected chi connectivity index (χ2v) is 18.0. The molecule has 0 saturated heterocycles. The van der Waals surface area contributed by atoms with Gasteiger partial charge in [-0.05, 0) is 81.3 Å². The second kappa shape index (κ2) is 14.7. The number of rotatable bonds is 7. The van der Waals surface area contributed by atoms with Crippen LogP contribution in [0.2, 0.25) is 0 Å². The fourth-order valence-corrected chi connectivity index (χ4v) is 12.2. The second-order valence-electron chi connectivity index (χ2n) is 17.0. The Morgan fingerprint density at radius 1 is 0.453 bits per heavy atom. The summed E-state index contributed by atoms with van der Waals surface area (Å²) in [6, 6.07) is 78.2. The van der Waals surface area contributed by atoms with Crippen molar-refractivity contribution in [3.05, 3.63) is 252 Å². The van der Waals surface area contributed by atoms with Crippen LogP contribution in [0.4, 0.5) is 17.1 Å². The molecule has 2 aliphatic carbocycles. The first-order valence-electron chi connectivity index (χ1n) is 22.2. The maximum Gasteiger partial charge on any atom is 0.142 e. The van der Waals surface area contributed by atoms with E-state index in [-0.39, 0.29) is 0 Å². The zero-order valence-electron chi connectivity index (χ0n) is 35.0. The number of hydrogen-bond donors (Lipinski definition) is 0. The maximum atomic E-state index is 6.57. The van der Waals surface area contributed by atoms with Gasteiger partial charge in [0.1, 0.15) is 11.3 Å². The molecular weight excluding hydrogens is 795 g/mol. The van der Waals surface area contributed by atoms with Crippen molar-refractivity contribution < 1.29 is 4.42 Å². The summed E-state index contributed by atoms with van der Waals surface area (Å²) in [5.74, 6) is 1.09. The lowest BCUT2D eigenvalue weighted by molar-refractivity contribution is 0.547. The van der Waals surface area contributed by atoms with Gasteiger partial charge in [0.25, 0.3) is 0 Å². The highest BCUT2D eigenvalue weighted by Gasteiger charge is 2.47. The Balaban J connectivity index is 1.01. The molecule has 0 saturated carbocycles. The molecule has 0 spiro atoms. The summed E-state index contributed by atoms with van der Waals surface area (Å²) in [6.45, 7) is 0. The van der Waals surface area contributed by atoms with Gasteiger partial charge in [-0.25, -0.2) is 0 Å². The van der Waals surface area contributed by atoms with E-state index in [4.69, 9.17) is 4.42 Å². The van der Waals surface area contributed by atoms with Crippen LogP contribution in [-0.4, -0.2) is 0 Å². The predicted molar refractivity (Wildman–Crippen MR) is 269 cm³/mol. The van der Waals surface area contributed by atoms with Gasteiger partial charge in [0.05, 0.1) is 15.8 Å². The number of anilines is 3. The lowest BCUT2D eigenvalue weighted by Gasteiger charge is -2.33. The summed E-state index contributed by atoms with van der Waals surface area (Å²) in [6.07, 6.45) is 6.44. The highest BCUT2D eigenvalue weighted by molar-refractivity contribution is 7.27. The third kappa shape index (κ3) is 5.51. The van der Waals surface area contributed by atoms with Crippen molar-refractivity contribution in [2.24, 2.45) is 0 Å². The van der Waals surface area contributed by atoms with Gasteiger partial charge in [0, 0.05) is 55.3 Å². The molecule has 0 aliphatic heterocycles. The van der Waals surface area contributed by atoms with Gasteiger partial charge in [-0.15, -0.1) is 11.3 Å². The number of benzene rings is 9. The molecule has 0 fully saturated rings. The summed E-state index contributed by atoms with van der Waals surface area (Å²) in [5.41, 5.74) is 17.6. The molecule has 13 rings (SSSR count). The predicted octanol–water partition coefficient (Wildman–Crippen LogP) is 16.9. The lowest BCUT2D eigenvalue weighted by atomic mass is 9.68. The summed E-state index contributed by atoms with van der Waals surface area (Å²) >= 11 is 1.92. The van der Waals surface area contributed by atoms with Crippen LogP contribution in [0.3, 0.4) is 0 Å². The third-order valence-corrected chi connectivity index (χ3v) is 14.9. The summed E-state index contributed by atoms with van der Waals surface area (Å²) in [4.78, 5) is 2.44. The van der Waals surface area contributed by atoms with Gasteiger partial charge in [-0.1, -0.05) is 194 Å². The Hall–Kier alpha value is -7.72. The van der Waals surface area contributed by atoms with E-state index in [1.54, 1.807) is 0 Å². The highest BCUT2D eigenvalue weighted by Crippen LogP contribution is 2.60. The quantitative estimate of drug-likeness (QED) is 0.159. The number of fused-ring (bicyclic) bond motifs is 10. The fraction of sp³-hybridized carbons (Fsp3) is 0.0492. The number of allylic oxidation sites excluding steroid dienone is 1. The zero-order chi connectivity index (χ0) is 42.2. The first kappa shape index (κ1) is 36.9. The van der Waals surface area contributed by atoms with Crippen LogP contribution in [0, 0.1) is 0 Å². The van der Waals surface area contributed by atoms with Crippen molar-refractivity contribution >= 4 is 65.6 Å². The van der Waals surface area contributed by atoms with E-state index in [1.807, 2.05) is 11.3 Å². The number of furan rings is 1. The van der Waals surface area contributed by atoms with Gasteiger partial charge >= 0.3 is 0 Å². The van der Waals surface area contributed by atoms with Crippen LogP contribution in [0.1, 0.15) is 40.0 Å². The average molecular weight is 836 g/mol. The molecule has 0 unspecified atom stereocenters. The minimum atomic E-state index is -0.452. The van der Waals surface area contributed by atoms with Gasteiger partial charge in [0.2, 0.25) is 0 Å². The molecular formula is C61H41NOS. The number of aryl methyl sites for hydroxylation is 1. The third-order valence-electron chi connectivity index (χ3n) is 13.6. The first-order chi connectivity index (χ1) is 31.8. The Labute approximate surface area is 376 Å². The van der Waals surface area contributed by atoms with Crippen molar-refractivity contribution in [2.75, 3.05) is 4.90 Å². The maximum absolute atomic E-state index is 6.57. The van der Waals surface area contributed by atoms with Gasteiger partial charge < -0.3 is 9.32 Å². The van der Waals surface area contributed by atoms with Gasteiger partial charge in [-0.3, -0.25) is 0 Å². The van der Waals surface area contributed by atoms with E-state index in [9.17, 15) is 0 Å². The SMILES string of the molecule is C1=Cc2c(oc3c(-c4ccc(N(c5ccc(-c6ccccc6)cc5)c5cccc6c5sc5c7c(ccc56)C(c5ccccc5)(c5ccccc5)c5ccccc5-7)cc4)cccc23)CC1. The molecule has 2 heterocycles. The Morgan fingerprint density at radius 2 is 1.05 bits per heavy atom. The topological polar surface area (TPSA) is 16.4 Å². The Bertz CT molecular complexity index is 3540. The zero-order valence-corrected chi connectivity index (χ0v) is 35.9. The van der Waals surface area contributed by atoms with Crippen LogP contribution < -0.4 is 4.90 Å². The molecule has 0 radical (unpaired) electrons. The molecule has 2 nitrogen and oxygen atoms in total. The van der Waals surface area contributed by atoms with Crippen LogP contribution in [0.5, 0.6) is 0 Å². The lowest BCUT2D eigenvalue weighted by Crippen LogP contribution is -2.28. The number of hydrogen-bond acceptors (Lipinski definition) is 3. The summed E-state index contributed by atoms with van der Waals surface area (Å²) in [5, 5.41) is 3.73. The molecule has 302 valence electrons. The van der Waals surface area contributed by atoms with Crippen molar-refractivity contribution in [3.8, 4) is 33.4 Å². The molecule has 64 heavy (non-hydrogen) atoms. The minimum Gasteiger partial charge on any atom is -0.460 e. The van der Waals surface area contributed by atoms with Crippen LogP contribution in [0.25, 0.3) is 70.6 Å². The Morgan fingerprint density at radius 3 is 1.78 bits per heavy atom. The first-order valence-corrected chi connectivity index (χ1v) is 23.0. The number of para-hydroxylation sites is 1. The van der Waals surface area contributed by atoms with E-state index in [0.717, 1.165) is 52.4 Å². The molecule has 0 atom stereocenters. The van der Waals surface area contributed by atoms with Crippen molar-refractivity contribution in [1.82, 2.24) is 0 Å². The molecule has 0 N–H and O–H groups in total. The van der Waals surface area contributed by atoms with Crippen LogP contribution >= 0.6 is 11.3 Å². The van der Waals surface area contributed by atoms with E-state index in [0.29, 0.717) is 0 Å². The van der Waals surface area contributed by atoms with E-state index >= 15 is 0 Å². The molecule has 9 aromatic carbocycles. The molecule has 2 aliphatic rings. The molecule has 3 heteroatoms. The fourth-order valence-electron chi connectivity index (χ4n) is 10.8. The summed E-state index contributed by atoms with van der Waals surface area (Å²) in [7, 11) is 0. The average Bonchev–Trinajstić information content (AvgIpc) is 4.04. The molecule has 2 aromatic heterocycles. The van der Waals surface area contributed by atoms with Gasteiger partial charge in [-0.2, -0.15) is 0 Å². The largest absolute Gasteiger partial charge is 0.460 e. The Kier molecular flexibility index (Phi) is 8.47. The van der Waals surface area contributed by atoms with E-state index < -0.39 is 5.41 Å². The van der Waals surface area contributed by atoms with Crippen molar-refractivity contribution in [1.29, 1.82) is 0 Å². The van der Waals surface area contributed by atoms with Crippen molar-refractivity contribution in [3.63, 3.8) is 0 Å². The normalized spacial score (nSPS) is 13.6. The minimum absolute atomic E-state index is 0.452. The number of thiophene rings is 1. The van der Waals surface area contributed by atoms with E-state index in [2.05, 4.69) is 229 Å². The van der Waals surface area contributed by atoms with Crippen molar-refractivity contribution in [2.45, 2.75) is 18.3 Å². The van der Waals surface area contributed by atoms with Gasteiger partial charge in [0.15, 0.2) is 0 Å². The van der Waals surface area contributed by atoms with Crippen LogP contribution in [-0.2, 0) is 11.8 Å². The molecule has 11 aromatic rings. The standard InChI is InChI=1S/C61H41NOS/c1-4-16-40(17-5-1)41-30-34-45(35-31-41)62(46-36-32-42(33-37-46)47-24-14-25-49-48-22-11-13-29-56(48)63-58(47)49)55-28-15-26-50-51-38-39-54-57(60(51)64-59(50)55)52-23-10-12-27-53(52)61(54,43-18-6-2-7-19-43)44-20-8-3-9-21-44/h1-12,14-28,30-39H,13,29H2. The molecule has 0 bridgehead atoms. The monoisotopic (exact) mass is 835 g/mol. The number of nitrogens with zero attached hydrogens (tertiary/aromatic N) is 1. The van der Waals surface area contributed by atoms with Crippen LogP contribution in [0.15, 0.2) is 223 Å². The van der Waals surface area contributed by atoms with E-state index in [1.165, 1.54) is 75.6 Å². The smallest absolute Gasteiger partial charge is 0.142 e. The summed E-state index contributed by atoms with van der Waals surface area (Å²) < 4.78 is 9.15. The highest BCUT2D eigenvalue weighted by atomic mass is 32.1.